The first-order valence-corrected chi connectivity index (χ1v) is 13.3. The van der Waals surface area contributed by atoms with Crippen LogP contribution in [0.15, 0.2) is 27.5 Å². The highest BCUT2D eigenvalue weighted by molar-refractivity contribution is 7.89. The van der Waals surface area contributed by atoms with Crippen molar-refractivity contribution in [2.75, 3.05) is 52.5 Å². The number of morpholine rings is 1. The molecule has 9 heteroatoms. The average Bonchev–Trinajstić information content (AvgIpc) is 3.12. The highest BCUT2D eigenvalue weighted by Gasteiger charge is 2.32. The number of carbonyl (C=O) groups is 1. The third-order valence-electron chi connectivity index (χ3n) is 6.63. The van der Waals surface area contributed by atoms with Crippen molar-refractivity contribution in [1.29, 1.82) is 0 Å². The van der Waals surface area contributed by atoms with Crippen molar-refractivity contribution in [2.24, 2.45) is 11.8 Å². The molecular formula is C24H35N3O5S. The highest BCUT2D eigenvalue weighted by Crippen LogP contribution is 2.31. The first kappa shape index (κ1) is 24.2. The zero-order valence-corrected chi connectivity index (χ0v) is 20.6. The number of furan rings is 1. The number of hydrogen-bond donors (Lipinski definition) is 1. The summed E-state index contributed by atoms with van der Waals surface area (Å²) in [5.41, 5.74) is 1.18. The molecule has 0 radical (unpaired) electrons. The smallest absolute Gasteiger partial charge is 0.287 e. The SMILES string of the molecule is Cc1c(C(=O)NCCCN2CCOCC2)oc2ccc(S(=O)(=O)N3CC(C)CC(C)C3)cc12. The minimum atomic E-state index is -3.60. The zero-order chi connectivity index (χ0) is 23.6. The van der Waals surface area contributed by atoms with E-state index in [0.29, 0.717) is 48.0 Å². The Morgan fingerprint density at radius 3 is 2.55 bits per heavy atom. The van der Waals surface area contributed by atoms with Crippen LogP contribution in [-0.2, 0) is 14.8 Å². The van der Waals surface area contributed by atoms with Gasteiger partial charge in [0.1, 0.15) is 5.58 Å². The van der Waals surface area contributed by atoms with Gasteiger partial charge in [-0.15, -0.1) is 0 Å². The van der Waals surface area contributed by atoms with Crippen LogP contribution < -0.4 is 5.32 Å². The van der Waals surface area contributed by atoms with Crippen LogP contribution in [0.5, 0.6) is 0 Å². The summed E-state index contributed by atoms with van der Waals surface area (Å²) in [6, 6.07) is 4.87. The zero-order valence-electron chi connectivity index (χ0n) is 19.8. The van der Waals surface area contributed by atoms with Gasteiger partial charge in [-0.05, 0) is 56.3 Å². The minimum Gasteiger partial charge on any atom is -0.451 e. The number of carbonyl (C=O) groups excluding carboxylic acids is 1. The molecule has 1 amide bonds. The Hall–Kier alpha value is -1.94. The van der Waals surface area contributed by atoms with E-state index in [-0.39, 0.29) is 16.6 Å². The van der Waals surface area contributed by atoms with E-state index in [1.165, 1.54) is 0 Å². The lowest BCUT2D eigenvalue weighted by Gasteiger charge is -2.34. The molecule has 1 aromatic carbocycles. The van der Waals surface area contributed by atoms with Crippen LogP contribution in [0.25, 0.3) is 11.0 Å². The van der Waals surface area contributed by atoms with Gasteiger partial charge < -0.3 is 14.5 Å². The lowest BCUT2D eigenvalue weighted by atomic mass is 9.94. The normalized spacial score (nSPS) is 23.1. The van der Waals surface area contributed by atoms with Gasteiger partial charge in [0.15, 0.2) is 5.76 Å². The van der Waals surface area contributed by atoms with Crippen molar-refractivity contribution in [3.05, 3.63) is 29.5 Å². The van der Waals surface area contributed by atoms with Crippen LogP contribution in [0.4, 0.5) is 0 Å². The molecule has 1 N–H and O–H groups in total. The van der Waals surface area contributed by atoms with E-state index in [1.807, 2.05) is 0 Å². The number of sulfonamides is 1. The van der Waals surface area contributed by atoms with E-state index < -0.39 is 10.0 Å². The first-order valence-electron chi connectivity index (χ1n) is 11.9. The number of rotatable bonds is 7. The molecule has 4 rings (SSSR count). The molecule has 2 aliphatic rings. The van der Waals surface area contributed by atoms with Crippen LogP contribution >= 0.6 is 0 Å². The van der Waals surface area contributed by atoms with Crippen molar-refractivity contribution in [2.45, 2.75) is 38.5 Å². The van der Waals surface area contributed by atoms with Gasteiger partial charge in [0.2, 0.25) is 10.0 Å². The van der Waals surface area contributed by atoms with E-state index in [9.17, 15) is 13.2 Å². The number of hydrogen-bond acceptors (Lipinski definition) is 6. The molecule has 33 heavy (non-hydrogen) atoms. The van der Waals surface area contributed by atoms with Crippen LogP contribution in [0.3, 0.4) is 0 Å². The summed E-state index contributed by atoms with van der Waals surface area (Å²) in [4.78, 5) is 15.3. The first-order chi connectivity index (χ1) is 15.8. The molecule has 2 aromatic rings. The molecule has 2 unspecified atom stereocenters. The van der Waals surface area contributed by atoms with Crippen LogP contribution in [0.2, 0.25) is 0 Å². The minimum absolute atomic E-state index is 0.242. The van der Waals surface area contributed by atoms with Gasteiger partial charge in [0.25, 0.3) is 5.91 Å². The van der Waals surface area contributed by atoms with Gasteiger partial charge >= 0.3 is 0 Å². The van der Waals surface area contributed by atoms with Gasteiger partial charge in [0.05, 0.1) is 18.1 Å². The summed E-state index contributed by atoms with van der Waals surface area (Å²) in [5.74, 6) is 0.642. The highest BCUT2D eigenvalue weighted by atomic mass is 32.2. The third-order valence-corrected chi connectivity index (χ3v) is 8.46. The Morgan fingerprint density at radius 2 is 1.85 bits per heavy atom. The Labute approximate surface area is 196 Å². The maximum absolute atomic E-state index is 13.3. The van der Waals surface area contributed by atoms with Crippen LogP contribution in [0.1, 0.15) is 42.8 Å². The second-order valence-electron chi connectivity index (χ2n) is 9.55. The fourth-order valence-corrected chi connectivity index (χ4v) is 6.64. The van der Waals surface area contributed by atoms with Gasteiger partial charge in [-0.1, -0.05) is 13.8 Å². The predicted octanol–water partition coefficient (Wildman–Crippen LogP) is 2.86. The molecule has 0 spiro atoms. The molecule has 3 heterocycles. The summed E-state index contributed by atoms with van der Waals surface area (Å²) in [7, 11) is -3.60. The summed E-state index contributed by atoms with van der Waals surface area (Å²) in [6.07, 6.45) is 1.89. The van der Waals surface area contributed by atoms with E-state index >= 15 is 0 Å². The molecule has 0 bridgehead atoms. The Kier molecular flexibility index (Phi) is 7.43. The number of ether oxygens (including phenoxy) is 1. The molecule has 1 aromatic heterocycles. The Bertz CT molecular complexity index is 1080. The topological polar surface area (TPSA) is 92.1 Å². The monoisotopic (exact) mass is 477 g/mol. The van der Waals surface area contributed by atoms with Crippen LogP contribution in [0, 0.1) is 18.8 Å². The number of nitrogens with zero attached hydrogens (tertiary/aromatic N) is 2. The Morgan fingerprint density at radius 1 is 1.15 bits per heavy atom. The molecule has 0 saturated carbocycles. The fraction of sp³-hybridized carbons (Fsp3) is 0.625. The number of aryl methyl sites for hydroxylation is 1. The maximum atomic E-state index is 13.3. The average molecular weight is 478 g/mol. The van der Waals surface area contributed by atoms with Crippen molar-refractivity contribution < 1.29 is 22.4 Å². The number of fused-ring (bicyclic) bond motifs is 1. The van der Waals surface area contributed by atoms with E-state index in [0.717, 1.165) is 45.7 Å². The largest absolute Gasteiger partial charge is 0.451 e. The molecule has 2 fully saturated rings. The number of nitrogens with one attached hydrogen (secondary N) is 1. The Balaban J connectivity index is 1.44. The summed E-state index contributed by atoms with van der Waals surface area (Å²) in [5, 5.41) is 3.59. The van der Waals surface area contributed by atoms with E-state index in [1.54, 1.807) is 29.4 Å². The quantitative estimate of drug-likeness (QED) is 0.617. The molecule has 2 saturated heterocycles. The van der Waals surface area contributed by atoms with Crippen molar-refractivity contribution in [3.8, 4) is 0 Å². The van der Waals surface area contributed by atoms with Gasteiger partial charge in [-0.3, -0.25) is 9.69 Å². The van der Waals surface area contributed by atoms with Crippen molar-refractivity contribution in [3.63, 3.8) is 0 Å². The lowest BCUT2D eigenvalue weighted by molar-refractivity contribution is 0.0374. The number of amides is 1. The molecule has 0 aliphatic carbocycles. The molecular weight excluding hydrogens is 442 g/mol. The van der Waals surface area contributed by atoms with E-state index in [4.69, 9.17) is 9.15 Å². The summed E-state index contributed by atoms with van der Waals surface area (Å²) < 4.78 is 39.3. The predicted molar refractivity (Wildman–Crippen MR) is 127 cm³/mol. The number of benzene rings is 1. The fourth-order valence-electron chi connectivity index (χ4n) is 4.94. The van der Waals surface area contributed by atoms with Gasteiger partial charge in [-0.2, -0.15) is 4.31 Å². The standard InChI is InChI=1S/C24H35N3O5S/c1-17-13-18(2)16-27(15-17)33(29,30)20-5-6-22-21(14-20)19(3)23(32-22)24(28)25-7-4-8-26-9-11-31-12-10-26/h5-6,14,17-18H,4,7-13,15-16H2,1-3H3,(H,25,28). The van der Waals surface area contributed by atoms with E-state index in [2.05, 4.69) is 24.1 Å². The van der Waals surface area contributed by atoms with Crippen molar-refractivity contribution >= 4 is 26.9 Å². The summed E-state index contributed by atoms with van der Waals surface area (Å²) >= 11 is 0. The number of piperidine rings is 1. The molecule has 2 atom stereocenters. The molecule has 182 valence electrons. The second kappa shape index (κ2) is 10.1. The summed E-state index contributed by atoms with van der Waals surface area (Å²) in [6.45, 7) is 11.9. The van der Waals surface area contributed by atoms with Crippen LogP contribution in [-0.4, -0.2) is 76.0 Å². The second-order valence-corrected chi connectivity index (χ2v) is 11.5. The van der Waals surface area contributed by atoms with Gasteiger partial charge in [-0.25, -0.2) is 8.42 Å². The van der Waals surface area contributed by atoms with Crippen molar-refractivity contribution in [1.82, 2.24) is 14.5 Å². The molecule has 2 aliphatic heterocycles. The maximum Gasteiger partial charge on any atom is 0.287 e. The lowest BCUT2D eigenvalue weighted by Crippen LogP contribution is -2.42. The third kappa shape index (κ3) is 5.42. The van der Waals surface area contributed by atoms with Gasteiger partial charge in [0, 0.05) is 43.7 Å². The molecule has 8 nitrogen and oxygen atoms in total.